The zero-order valence-electron chi connectivity index (χ0n) is 9.28. The van der Waals surface area contributed by atoms with Crippen molar-refractivity contribution in [1.29, 1.82) is 0 Å². The molecule has 0 heterocycles. The fourth-order valence-corrected chi connectivity index (χ4v) is 1.18. The van der Waals surface area contributed by atoms with E-state index in [-0.39, 0.29) is 12.4 Å². The number of esters is 1. The summed E-state index contributed by atoms with van der Waals surface area (Å²) in [4.78, 5) is 21.7. The molecule has 0 radical (unpaired) electrons. The van der Waals surface area contributed by atoms with Gasteiger partial charge in [0.05, 0.1) is 13.0 Å². The van der Waals surface area contributed by atoms with E-state index in [2.05, 4.69) is 5.32 Å². The summed E-state index contributed by atoms with van der Waals surface area (Å²) >= 11 is 0. The van der Waals surface area contributed by atoms with Crippen molar-refractivity contribution in [2.45, 2.75) is 39.2 Å². The Morgan fingerprint density at radius 3 is 2.53 bits per heavy atom. The van der Waals surface area contributed by atoms with Gasteiger partial charge in [0, 0.05) is 6.54 Å². The van der Waals surface area contributed by atoms with Gasteiger partial charge in [-0.05, 0) is 13.3 Å². The lowest BCUT2D eigenvalue weighted by atomic mass is 10.1. The predicted octanol–water partition coefficient (Wildman–Crippen LogP) is 0.782. The number of carbonyl (C=O) groups excluding carboxylic acids is 1. The van der Waals surface area contributed by atoms with E-state index < -0.39 is 12.0 Å². The standard InChI is InChI=1S/C10H19NO4/c1-3-5-8(10(13)14)11-7-6-9(12)15-4-2/h8,11H,3-7H2,1-2H3,(H,13,14). The summed E-state index contributed by atoms with van der Waals surface area (Å²) in [6.07, 6.45) is 1.57. The van der Waals surface area contributed by atoms with Crippen LogP contribution >= 0.6 is 0 Å². The first kappa shape index (κ1) is 13.9. The van der Waals surface area contributed by atoms with Gasteiger partial charge in [-0.25, -0.2) is 0 Å². The topological polar surface area (TPSA) is 75.6 Å². The van der Waals surface area contributed by atoms with Gasteiger partial charge in [-0.2, -0.15) is 0 Å². The molecule has 0 rings (SSSR count). The third-order valence-electron chi connectivity index (χ3n) is 1.90. The van der Waals surface area contributed by atoms with E-state index in [9.17, 15) is 9.59 Å². The molecular formula is C10H19NO4. The first-order chi connectivity index (χ1) is 7.11. The summed E-state index contributed by atoms with van der Waals surface area (Å²) in [6, 6.07) is -0.565. The summed E-state index contributed by atoms with van der Waals surface area (Å²) in [7, 11) is 0. The minimum Gasteiger partial charge on any atom is -0.480 e. The van der Waals surface area contributed by atoms with Crippen LogP contribution in [0.25, 0.3) is 0 Å². The molecule has 2 N–H and O–H groups in total. The normalized spacial score (nSPS) is 12.1. The van der Waals surface area contributed by atoms with Crippen molar-refractivity contribution in [3.8, 4) is 0 Å². The Bertz CT molecular complexity index is 206. The molecule has 5 heteroatoms. The summed E-state index contributed by atoms with van der Waals surface area (Å²) in [5.74, 6) is -1.17. The molecule has 0 amide bonds. The molecular weight excluding hydrogens is 198 g/mol. The minimum atomic E-state index is -0.874. The van der Waals surface area contributed by atoms with Crippen molar-refractivity contribution in [3.63, 3.8) is 0 Å². The maximum Gasteiger partial charge on any atom is 0.320 e. The van der Waals surface area contributed by atoms with Gasteiger partial charge in [0.2, 0.25) is 0 Å². The molecule has 0 bridgehead atoms. The van der Waals surface area contributed by atoms with Gasteiger partial charge >= 0.3 is 11.9 Å². The monoisotopic (exact) mass is 217 g/mol. The van der Waals surface area contributed by atoms with Crippen LogP contribution in [0.3, 0.4) is 0 Å². The number of aliphatic carboxylic acids is 1. The fourth-order valence-electron chi connectivity index (χ4n) is 1.18. The third-order valence-corrected chi connectivity index (χ3v) is 1.90. The van der Waals surface area contributed by atoms with Gasteiger partial charge in [0.15, 0.2) is 0 Å². The van der Waals surface area contributed by atoms with Crippen LogP contribution in [0.15, 0.2) is 0 Å². The molecule has 0 saturated heterocycles. The number of hydrogen-bond acceptors (Lipinski definition) is 4. The van der Waals surface area contributed by atoms with E-state index >= 15 is 0 Å². The van der Waals surface area contributed by atoms with E-state index in [1.165, 1.54) is 0 Å². The number of rotatable bonds is 8. The summed E-state index contributed by atoms with van der Waals surface area (Å²) < 4.78 is 4.72. The van der Waals surface area contributed by atoms with Gasteiger partial charge in [0.25, 0.3) is 0 Å². The van der Waals surface area contributed by atoms with Crippen molar-refractivity contribution in [3.05, 3.63) is 0 Å². The molecule has 1 atom stereocenters. The van der Waals surface area contributed by atoms with Crippen LogP contribution in [0.1, 0.15) is 33.1 Å². The maximum absolute atomic E-state index is 10.9. The van der Waals surface area contributed by atoms with Crippen molar-refractivity contribution >= 4 is 11.9 Å². The van der Waals surface area contributed by atoms with Crippen LogP contribution in [0.2, 0.25) is 0 Å². The summed E-state index contributed by atoms with van der Waals surface area (Å²) in [5, 5.41) is 11.6. The van der Waals surface area contributed by atoms with Crippen molar-refractivity contribution in [1.82, 2.24) is 5.32 Å². The highest BCUT2D eigenvalue weighted by molar-refractivity contribution is 5.73. The van der Waals surface area contributed by atoms with Gasteiger partial charge in [-0.1, -0.05) is 13.3 Å². The summed E-state index contributed by atoms with van der Waals surface area (Å²) in [6.45, 7) is 4.36. The van der Waals surface area contributed by atoms with E-state index in [0.717, 1.165) is 6.42 Å². The molecule has 0 aliphatic heterocycles. The van der Waals surface area contributed by atoms with Crippen molar-refractivity contribution in [2.24, 2.45) is 0 Å². The second-order valence-electron chi connectivity index (χ2n) is 3.19. The minimum absolute atomic E-state index is 0.210. The van der Waals surface area contributed by atoms with Gasteiger partial charge in [0.1, 0.15) is 6.04 Å². The zero-order valence-corrected chi connectivity index (χ0v) is 9.28. The molecule has 0 aliphatic rings. The molecule has 0 aliphatic carbocycles. The van der Waals surface area contributed by atoms with Crippen LogP contribution in [0, 0.1) is 0 Å². The lowest BCUT2D eigenvalue weighted by Crippen LogP contribution is -2.37. The smallest absolute Gasteiger partial charge is 0.320 e. The Labute approximate surface area is 89.8 Å². The molecule has 0 aromatic heterocycles. The van der Waals surface area contributed by atoms with Crippen LogP contribution in [0.5, 0.6) is 0 Å². The van der Waals surface area contributed by atoms with Crippen LogP contribution in [-0.4, -0.2) is 36.2 Å². The quantitative estimate of drug-likeness (QED) is 0.588. The number of carboxylic acid groups (broad SMARTS) is 1. The Balaban J connectivity index is 3.70. The molecule has 15 heavy (non-hydrogen) atoms. The molecule has 0 aromatic rings. The van der Waals surface area contributed by atoms with Crippen molar-refractivity contribution in [2.75, 3.05) is 13.2 Å². The molecule has 0 fully saturated rings. The highest BCUT2D eigenvalue weighted by Gasteiger charge is 2.15. The Hall–Kier alpha value is -1.10. The molecule has 0 saturated carbocycles. The van der Waals surface area contributed by atoms with E-state index in [4.69, 9.17) is 9.84 Å². The first-order valence-electron chi connectivity index (χ1n) is 5.23. The molecule has 0 spiro atoms. The van der Waals surface area contributed by atoms with Crippen LogP contribution in [0.4, 0.5) is 0 Å². The van der Waals surface area contributed by atoms with E-state index in [1.54, 1.807) is 6.92 Å². The molecule has 1 unspecified atom stereocenters. The third kappa shape index (κ3) is 6.90. The fraction of sp³-hybridized carbons (Fsp3) is 0.800. The zero-order chi connectivity index (χ0) is 11.7. The lowest BCUT2D eigenvalue weighted by Gasteiger charge is -2.12. The molecule has 0 aromatic carbocycles. The van der Waals surface area contributed by atoms with Crippen molar-refractivity contribution < 1.29 is 19.4 Å². The van der Waals surface area contributed by atoms with Crippen LogP contribution in [-0.2, 0) is 14.3 Å². The Morgan fingerprint density at radius 1 is 1.40 bits per heavy atom. The van der Waals surface area contributed by atoms with Gasteiger partial charge < -0.3 is 15.2 Å². The number of nitrogens with one attached hydrogen (secondary N) is 1. The molecule has 88 valence electrons. The van der Waals surface area contributed by atoms with E-state index in [1.807, 2.05) is 6.92 Å². The number of hydrogen-bond donors (Lipinski definition) is 2. The maximum atomic E-state index is 10.9. The second kappa shape index (κ2) is 8.23. The highest BCUT2D eigenvalue weighted by Crippen LogP contribution is 1.97. The Kier molecular flexibility index (Phi) is 7.62. The summed E-state index contributed by atoms with van der Waals surface area (Å²) in [5.41, 5.74) is 0. The molecule has 5 nitrogen and oxygen atoms in total. The van der Waals surface area contributed by atoms with E-state index in [0.29, 0.717) is 19.6 Å². The number of carbonyl (C=O) groups is 2. The van der Waals surface area contributed by atoms with Crippen LogP contribution < -0.4 is 5.32 Å². The highest BCUT2D eigenvalue weighted by atomic mass is 16.5. The average Bonchev–Trinajstić information content (AvgIpc) is 2.16. The number of carboxylic acids is 1. The SMILES string of the molecule is CCCC(NCCC(=O)OCC)C(=O)O. The largest absolute Gasteiger partial charge is 0.480 e. The predicted molar refractivity (Wildman–Crippen MR) is 55.6 cm³/mol. The second-order valence-corrected chi connectivity index (χ2v) is 3.19. The van der Waals surface area contributed by atoms with Gasteiger partial charge in [-0.15, -0.1) is 0 Å². The lowest BCUT2D eigenvalue weighted by molar-refractivity contribution is -0.144. The first-order valence-corrected chi connectivity index (χ1v) is 5.23. The average molecular weight is 217 g/mol. The number of ether oxygens (including phenoxy) is 1. The van der Waals surface area contributed by atoms with Gasteiger partial charge in [-0.3, -0.25) is 9.59 Å². The Morgan fingerprint density at radius 2 is 2.07 bits per heavy atom.